The van der Waals surface area contributed by atoms with Crippen LogP contribution in [0.1, 0.15) is 40.0 Å². The third-order valence-electron chi connectivity index (χ3n) is 4.40. The number of hydrogen-bond acceptors (Lipinski definition) is 4. The fraction of sp³-hybridized carbons (Fsp3) is 0.722. The SMILES string of the molecule is C=CC(=O)N1CC[C@H](C(=O)N(C)[C@H](C(=O)OCCCC)C(C)C)C1. The Hall–Kier alpha value is -1.85. The average Bonchev–Trinajstić information content (AvgIpc) is 3.03. The van der Waals surface area contributed by atoms with Crippen molar-refractivity contribution >= 4 is 17.8 Å². The van der Waals surface area contributed by atoms with Gasteiger partial charge in [-0.05, 0) is 24.8 Å². The lowest BCUT2D eigenvalue weighted by Gasteiger charge is -2.31. The number of esters is 1. The molecule has 1 aliphatic heterocycles. The molecule has 1 rings (SSSR count). The van der Waals surface area contributed by atoms with E-state index in [9.17, 15) is 14.4 Å². The second-order valence-corrected chi connectivity index (χ2v) is 6.63. The van der Waals surface area contributed by atoms with Gasteiger partial charge in [0.25, 0.3) is 0 Å². The summed E-state index contributed by atoms with van der Waals surface area (Å²) in [7, 11) is 1.64. The van der Waals surface area contributed by atoms with Crippen LogP contribution in [0.5, 0.6) is 0 Å². The minimum absolute atomic E-state index is 0.0413. The van der Waals surface area contributed by atoms with E-state index >= 15 is 0 Å². The van der Waals surface area contributed by atoms with Gasteiger partial charge in [0.2, 0.25) is 11.8 Å². The summed E-state index contributed by atoms with van der Waals surface area (Å²) in [5.74, 6) is -0.942. The van der Waals surface area contributed by atoms with E-state index in [1.54, 1.807) is 11.9 Å². The van der Waals surface area contributed by atoms with Gasteiger partial charge >= 0.3 is 5.97 Å². The molecule has 0 aliphatic carbocycles. The van der Waals surface area contributed by atoms with E-state index < -0.39 is 6.04 Å². The monoisotopic (exact) mass is 338 g/mol. The van der Waals surface area contributed by atoms with E-state index in [2.05, 4.69) is 6.58 Å². The lowest BCUT2D eigenvalue weighted by molar-refractivity contribution is -0.157. The highest BCUT2D eigenvalue weighted by molar-refractivity contribution is 5.89. The first-order chi connectivity index (χ1) is 11.3. The summed E-state index contributed by atoms with van der Waals surface area (Å²) in [6, 6.07) is -0.599. The Balaban J connectivity index is 2.71. The van der Waals surface area contributed by atoms with Crippen LogP contribution < -0.4 is 0 Å². The second kappa shape index (κ2) is 9.45. The molecular formula is C18H30N2O4. The Bertz CT molecular complexity index is 476. The Kier molecular flexibility index (Phi) is 7.95. The highest BCUT2D eigenvalue weighted by Gasteiger charge is 2.37. The smallest absolute Gasteiger partial charge is 0.329 e. The summed E-state index contributed by atoms with van der Waals surface area (Å²) in [6.07, 6.45) is 3.64. The van der Waals surface area contributed by atoms with Crippen LogP contribution in [0.2, 0.25) is 0 Å². The fourth-order valence-electron chi connectivity index (χ4n) is 3.00. The molecule has 0 aromatic rings. The third kappa shape index (κ3) is 5.08. The molecule has 1 fully saturated rings. The normalized spacial score (nSPS) is 18.4. The van der Waals surface area contributed by atoms with Crippen LogP contribution >= 0.6 is 0 Å². The van der Waals surface area contributed by atoms with Crippen molar-refractivity contribution in [3.63, 3.8) is 0 Å². The zero-order valence-corrected chi connectivity index (χ0v) is 15.3. The molecular weight excluding hydrogens is 308 g/mol. The molecule has 0 saturated carbocycles. The van der Waals surface area contributed by atoms with Crippen LogP contribution in [-0.4, -0.2) is 60.4 Å². The average molecular weight is 338 g/mol. The predicted molar refractivity (Wildman–Crippen MR) is 92.1 cm³/mol. The van der Waals surface area contributed by atoms with Gasteiger partial charge in [0.15, 0.2) is 0 Å². The molecule has 1 saturated heterocycles. The largest absolute Gasteiger partial charge is 0.464 e. The van der Waals surface area contributed by atoms with Gasteiger partial charge in [0.1, 0.15) is 6.04 Å². The van der Waals surface area contributed by atoms with Crippen LogP contribution in [0, 0.1) is 11.8 Å². The summed E-state index contributed by atoms with van der Waals surface area (Å²) in [5.41, 5.74) is 0. The first kappa shape index (κ1) is 20.2. The van der Waals surface area contributed by atoms with Gasteiger partial charge in [-0.1, -0.05) is 33.8 Å². The molecule has 0 spiro atoms. The molecule has 1 heterocycles. The molecule has 0 unspecified atom stereocenters. The number of carbonyl (C=O) groups excluding carboxylic acids is 3. The molecule has 0 aromatic heterocycles. The lowest BCUT2D eigenvalue weighted by atomic mass is 10.00. The van der Waals surface area contributed by atoms with Crippen molar-refractivity contribution in [3.8, 4) is 0 Å². The molecule has 0 aromatic carbocycles. The quantitative estimate of drug-likeness (QED) is 0.385. The summed E-state index contributed by atoms with van der Waals surface area (Å²) in [6.45, 7) is 10.6. The maximum atomic E-state index is 12.7. The number of rotatable bonds is 8. The molecule has 24 heavy (non-hydrogen) atoms. The number of nitrogens with zero attached hydrogens (tertiary/aromatic N) is 2. The van der Waals surface area contributed by atoms with Crippen LogP contribution in [0.3, 0.4) is 0 Å². The number of hydrogen-bond donors (Lipinski definition) is 0. The molecule has 136 valence electrons. The minimum Gasteiger partial charge on any atom is -0.464 e. The van der Waals surface area contributed by atoms with Gasteiger partial charge in [-0.15, -0.1) is 0 Å². The van der Waals surface area contributed by atoms with Gasteiger partial charge in [-0.3, -0.25) is 9.59 Å². The van der Waals surface area contributed by atoms with Crippen LogP contribution in [-0.2, 0) is 19.1 Å². The Morgan fingerprint density at radius 1 is 1.38 bits per heavy atom. The number of carbonyl (C=O) groups is 3. The highest BCUT2D eigenvalue weighted by atomic mass is 16.5. The van der Waals surface area contributed by atoms with Gasteiger partial charge in [0.05, 0.1) is 12.5 Å². The zero-order chi connectivity index (χ0) is 18.3. The van der Waals surface area contributed by atoms with Crippen molar-refractivity contribution in [1.29, 1.82) is 0 Å². The molecule has 2 atom stereocenters. The van der Waals surface area contributed by atoms with Crippen molar-refractivity contribution in [2.75, 3.05) is 26.7 Å². The molecule has 1 aliphatic rings. The van der Waals surface area contributed by atoms with E-state index in [0.717, 1.165) is 12.8 Å². The van der Waals surface area contributed by atoms with Crippen molar-refractivity contribution in [2.24, 2.45) is 11.8 Å². The van der Waals surface area contributed by atoms with Crippen LogP contribution in [0.4, 0.5) is 0 Å². The van der Waals surface area contributed by atoms with Crippen molar-refractivity contribution in [1.82, 2.24) is 9.80 Å². The minimum atomic E-state index is -0.599. The van der Waals surface area contributed by atoms with Crippen molar-refractivity contribution < 1.29 is 19.1 Å². The molecule has 0 N–H and O–H groups in total. The maximum absolute atomic E-state index is 12.7. The number of ether oxygens (including phenoxy) is 1. The number of unbranched alkanes of at least 4 members (excludes halogenated alkanes) is 1. The number of likely N-dealkylation sites (tertiary alicyclic amines) is 1. The standard InChI is InChI=1S/C18H30N2O4/c1-6-8-11-24-18(23)16(13(3)4)19(5)17(22)14-9-10-20(12-14)15(21)7-2/h7,13-14,16H,2,6,8-12H2,1,3-5H3/t14-,16-/m0/s1. The number of amides is 2. The van der Waals surface area contributed by atoms with Crippen molar-refractivity contribution in [2.45, 2.75) is 46.1 Å². The van der Waals surface area contributed by atoms with E-state index in [0.29, 0.717) is 26.1 Å². The van der Waals surface area contributed by atoms with E-state index in [-0.39, 0.29) is 29.6 Å². The Morgan fingerprint density at radius 3 is 2.58 bits per heavy atom. The maximum Gasteiger partial charge on any atom is 0.329 e. The van der Waals surface area contributed by atoms with E-state index in [1.165, 1.54) is 11.0 Å². The summed E-state index contributed by atoms with van der Waals surface area (Å²) in [4.78, 5) is 39.8. The van der Waals surface area contributed by atoms with Crippen molar-refractivity contribution in [3.05, 3.63) is 12.7 Å². The number of likely N-dealkylation sites (N-methyl/N-ethyl adjacent to an activating group) is 1. The topological polar surface area (TPSA) is 66.9 Å². The molecule has 2 amide bonds. The highest BCUT2D eigenvalue weighted by Crippen LogP contribution is 2.22. The second-order valence-electron chi connectivity index (χ2n) is 6.63. The zero-order valence-electron chi connectivity index (χ0n) is 15.3. The first-order valence-electron chi connectivity index (χ1n) is 8.68. The Labute approximate surface area is 144 Å². The van der Waals surface area contributed by atoms with Gasteiger partial charge in [0, 0.05) is 20.1 Å². The lowest BCUT2D eigenvalue weighted by Crippen LogP contribution is -2.49. The molecule has 6 heteroatoms. The summed E-state index contributed by atoms with van der Waals surface area (Å²) >= 11 is 0. The first-order valence-corrected chi connectivity index (χ1v) is 8.68. The molecule has 0 bridgehead atoms. The van der Waals surface area contributed by atoms with Gasteiger partial charge in [-0.2, -0.15) is 0 Å². The third-order valence-corrected chi connectivity index (χ3v) is 4.40. The molecule has 0 radical (unpaired) electrons. The van der Waals surface area contributed by atoms with Gasteiger partial charge < -0.3 is 14.5 Å². The van der Waals surface area contributed by atoms with Crippen LogP contribution in [0.15, 0.2) is 12.7 Å². The van der Waals surface area contributed by atoms with Gasteiger partial charge in [-0.25, -0.2) is 4.79 Å². The van der Waals surface area contributed by atoms with E-state index in [1.807, 2.05) is 20.8 Å². The summed E-state index contributed by atoms with van der Waals surface area (Å²) < 4.78 is 5.31. The van der Waals surface area contributed by atoms with E-state index in [4.69, 9.17) is 4.74 Å². The summed E-state index contributed by atoms with van der Waals surface area (Å²) in [5, 5.41) is 0. The fourth-order valence-corrected chi connectivity index (χ4v) is 3.00. The predicted octanol–water partition coefficient (Wildman–Crippen LogP) is 1.85. The molecule has 6 nitrogen and oxygen atoms in total. The Morgan fingerprint density at radius 2 is 2.04 bits per heavy atom. The van der Waals surface area contributed by atoms with Crippen LogP contribution in [0.25, 0.3) is 0 Å².